The highest BCUT2D eigenvalue weighted by atomic mass is 16.6. The third-order valence-electron chi connectivity index (χ3n) is 6.87. The van der Waals surface area contributed by atoms with Crippen LogP contribution in [0.1, 0.15) is 46.3 Å². The minimum atomic E-state index is -0.349. The number of allylic oxidation sites excluding steroid dienone is 1. The molecule has 2 bridgehead atoms. The summed E-state index contributed by atoms with van der Waals surface area (Å²) in [6, 6.07) is 8.72. The standard InChI is InChI=1S/C24H36N2O3/c1-15(2)25-23(27)29-14-24-13-28-22(19-8-10-20(11-9-19)26(6)7)21(18(24)5)16(3)12-17(24)4/h8-12,15,17-18,21-22H,13-14H2,1-7H3,(H,25,27)/t17?,18-,21?,22?,24+/m0/s1. The van der Waals surface area contributed by atoms with Gasteiger partial charge in [-0.1, -0.05) is 37.6 Å². The lowest BCUT2D eigenvalue weighted by Crippen LogP contribution is -2.55. The summed E-state index contributed by atoms with van der Waals surface area (Å²) in [5.74, 6) is 0.918. The number of alkyl carbamates (subject to hydrolysis) is 1. The number of fused-ring (bicyclic) bond motifs is 2. The maximum absolute atomic E-state index is 12.1. The van der Waals surface area contributed by atoms with Crippen LogP contribution in [0.3, 0.4) is 0 Å². The van der Waals surface area contributed by atoms with E-state index in [0.29, 0.717) is 19.1 Å². The number of nitrogens with zero attached hydrogens (tertiary/aromatic N) is 1. The number of hydrogen-bond acceptors (Lipinski definition) is 4. The fraction of sp³-hybridized carbons (Fsp3) is 0.625. The molecule has 3 unspecified atom stereocenters. The van der Waals surface area contributed by atoms with Crippen LogP contribution < -0.4 is 10.2 Å². The fourth-order valence-electron chi connectivity index (χ4n) is 5.00. The summed E-state index contributed by atoms with van der Waals surface area (Å²) < 4.78 is 12.2. The van der Waals surface area contributed by atoms with Gasteiger partial charge in [-0.3, -0.25) is 0 Å². The van der Waals surface area contributed by atoms with Crippen LogP contribution in [0.25, 0.3) is 0 Å². The zero-order valence-electron chi connectivity index (χ0n) is 18.9. The van der Waals surface area contributed by atoms with Gasteiger partial charge in [-0.15, -0.1) is 0 Å². The predicted octanol–water partition coefficient (Wildman–Crippen LogP) is 4.79. The van der Waals surface area contributed by atoms with Gasteiger partial charge >= 0.3 is 6.09 Å². The molecule has 1 aliphatic heterocycles. The molecule has 29 heavy (non-hydrogen) atoms. The van der Waals surface area contributed by atoms with E-state index in [2.05, 4.69) is 61.3 Å². The molecule has 0 spiro atoms. The molecule has 0 radical (unpaired) electrons. The Morgan fingerprint density at radius 2 is 1.93 bits per heavy atom. The second-order valence-electron chi connectivity index (χ2n) is 9.34. The Labute approximate surface area is 175 Å². The Morgan fingerprint density at radius 1 is 1.28 bits per heavy atom. The van der Waals surface area contributed by atoms with Crippen molar-refractivity contribution in [2.24, 2.45) is 23.2 Å². The van der Waals surface area contributed by atoms with E-state index >= 15 is 0 Å². The summed E-state index contributed by atoms with van der Waals surface area (Å²) in [7, 11) is 4.10. The number of carbonyl (C=O) groups excluding carboxylic acids is 1. The van der Waals surface area contributed by atoms with Crippen molar-refractivity contribution in [3.05, 3.63) is 41.5 Å². The van der Waals surface area contributed by atoms with Crippen molar-refractivity contribution in [1.29, 1.82) is 0 Å². The molecule has 0 aromatic heterocycles. The highest BCUT2D eigenvalue weighted by Crippen LogP contribution is 2.56. The van der Waals surface area contributed by atoms with E-state index in [9.17, 15) is 4.79 Å². The predicted molar refractivity (Wildman–Crippen MR) is 117 cm³/mol. The molecular weight excluding hydrogens is 364 g/mol. The summed E-state index contributed by atoms with van der Waals surface area (Å²) >= 11 is 0. The van der Waals surface area contributed by atoms with E-state index < -0.39 is 0 Å². The summed E-state index contributed by atoms with van der Waals surface area (Å²) in [5, 5.41) is 2.82. The van der Waals surface area contributed by atoms with Crippen molar-refractivity contribution in [2.75, 3.05) is 32.2 Å². The Bertz CT molecular complexity index is 756. The van der Waals surface area contributed by atoms with Crippen LogP contribution in [0, 0.1) is 23.2 Å². The number of anilines is 1. The lowest BCUT2D eigenvalue weighted by atomic mass is 9.56. The topological polar surface area (TPSA) is 50.8 Å². The average Bonchev–Trinajstić information content (AvgIpc) is 2.65. The first-order valence-electron chi connectivity index (χ1n) is 10.7. The van der Waals surface area contributed by atoms with E-state index in [4.69, 9.17) is 9.47 Å². The highest BCUT2D eigenvalue weighted by molar-refractivity contribution is 5.67. The first-order valence-corrected chi connectivity index (χ1v) is 10.7. The lowest BCUT2D eigenvalue weighted by molar-refractivity contribution is -0.165. The summed E-state index contributed by atoms with van der Waals surface area (Å²) in [4.78, 5) is 14.2. The molecule has 5 atom stereocenters. The van der Waals surface area contributed by atoms with Crippen LogP contribution in [0.5, 0.6) is 0 Å². The van der Waals surface area contributed by atoms with E-state index in [1.54, 1.807) is 0 Å². The second-order valence-corrected chi connectivity index (χ2v) is 9.34. The molecule has 1 aromatic rings. The molecule has 160 valence electrons. The third-order valence-corrected chi connectivity index (χ3v) is 6.87. The Hall–Kier alpha value is -2.01. The summed E-state index contributed by atoms with van der Waals surface area (Å²) in [6.45, 7) is 11.6. The van der Waals surface area contributed by atoms with Crippen LogP contribution in [0.4, 0.5) is 10.5 Å². The van der Waals surface area contributed by atoms with Crippen LogP contribution in [-0.4, -0.2) is 39.4 Å². The molecule has 1 saturated heterocycles. The molecular formula is C24H36N2O3. The number of carbonyl (C=O) groups is 1. The minimum absolute atomic E-state index is 0.0302. The van der Waals surface area contributed by atoms with Gasteiger partial charge in [0.1, 0.15) is 6.61 Å². The zero-order chi connectivity index (χ0) is 21.3. The molecule has 1 N–H and O–H groups in total. The number of amides is 1. The van der Waals surface area contributed by atoms with E-state index in [1.165, 1.54) is 16.8 Å². The van der Waals surface area contributed by atoms with Gasteiger partial charge in [-0.05, 0) is 50.3 Å². The summed E-state index contributed by atoms with van der Waals surface area (Å²) in [5.41, 5.74) is 3.56. The first kappa shape index (κ1) is 21.7. The average molecular weight is 401 g/mol. The maximum atomic E-state index is 12.1. The quantitative estimate of drug-likeness (QED) is 0.722. The second kappa shape index (κ2) is 8.39. The molecule has 1 aliphatic carbocycles. The van der Waals surface area contributed by atoms with E-state index in [0.717, 1.165) is 0 Å². The SMILES string of the molecule is CC1=CC(C)[C@]2(COC(=O)NC(C)C)COC(c3ccc(N(C)C)cc3)C1[C@@H]2C. The minimum Gasteiger partial charge on any atom is -0.449 e. The van der Waals surface area contributed by atoms with Crippen molar-refractivity contribution in [1.82, 2.24) is 5.32 Å². The zero-order valence-corrected chi connectivity index (χ0v) is 18.9. The molecule has 5 nitrogen and oxygen atoms in total. The molecule has 1 aromatic carbocycles. The summed E-state index contributed by atoms with van der Waals surface area (Å²) in [6.07, 6.45) is 2.04. The van der Waals surface area contributed by atoms with Crippen molar-refractivity contribution in [3.8, 4) is 0 Å². The molecule has 2 aliphatic rings. The van der Waals surface area contributed by atoms with Gasteiger partial charge in [0.25, 0.3) is 0 Å². The number of nitrogens with one attached hydrogen (secondary N) is 1. The van der Waals surface area contributed by atoms with Crippen LogP contribution in [-0.2, 0) is 9.47 Å². The Morgan fingerprint density at radius 3 is 2.52 bits per heavy atom. The first-order chi connectivity index (χ1) is 13.7. The molecule has 3 rings (SSSR count). The molecule has 1 heterocycles. The largest absolute Gasteiger partial charge is 0.449 e. The molecule has 1 fully saturated rings. The fourth-order valence-corrected chi connectivity index (χ4v) is 5.00. The number of ether oxygens (including phenoxy) is 2. The van der Waals surface area contributed by atoms with Gasteiger partial charge in [-0.25, -0.2) is 4.79 Å². The van der Waals surface area contributed by atoms with Gasteiger partial charge < -0.3 is 19.7 Å². The van der Waals surface area contributed by atoms with E-state index in [-0.39, 0.29) is 35.5 Å². The number of benzene rings is 1. The molecule has 5 heteroatoms. The van der Waals surface area contributed by atoms with Gasteiger partial charge in [0.2, 0.25) is 0 Å². The van der Waals surface area contributed by atoms with Gasteiger partial charge in [0.05, 0.1) is 12.7 Å². The van der Waals surface area contributed by atoms with Gasteiger partial charge in [0, 0.05) is 37.2 Å². The Balaban J connectivity index is 1.83. The van der Waals surface area contributed by atoms with E-state index in [1.807, 2.05) is 27.9 Å². The van der Waals surface area contributed by atoms with Crippen molar-refractivity contribution < 1.29 is 14.3 Å². The lowest BCUT2D eigenvalue weighted by Gasteiger charge is -2.55. The monoisotopic (exact) mass is 400 g/mol. The van der Waals surface area contributed by atoms with Crippen LogP contribution in [0.2, 0.25) is 0 Å². The highest BCUT2D eigenvalue weighted by Gasteiger charge is 2.54. The normalized spacial score (nSPS) is 31.2. The van der Waals surface area contributed by atoms with Crippen molar-refractivity contribution in [3.63, 3.8) is 0 Å². The van der Waals surface area contributed by atoms with Crippen molar-refractivity contribution >= 4 is 11.8 Å². The third kappa shape index (κ3) is 4.16. The van der Waals surface area contributed by atoms with Crippen molar-refractivity contribution in [2.45, 2.75) is 46.8 Å². The van der Waals surface area contributed by atoms with Gasteiger partial charge in [0.15, 0.2) is 0 Å². The van der Waals surface area contributed by atoms with Crippen LogP contribution >= 0.6 is 0 Å². The molecule has 1 amide bonds. The Kier molecular flexibility index (Phi) is 6.27. The maximum Gasteiger partial charge on any atom is 0.407 e. The van der Waals surface area contributed by atoms with Gasteiger partial charge in [-0.2, -0.15) is 0 Å². The molecule has 0 saturated carbocycles. The van der Waals surface area contributed by atoms with Crippen LogP contribution in [0.15, 0.2) is 35.9 Å². The smallest absolute Gasteiger partial charge is 0.407 e. The number of rotatable bonds is 5. The number of hydrogen-bond donors (Lipinski definition) is 1.